The van der Waals surface area contributed by atoms with Crippen LogP contribution in [0.4, 0.5) is 20.4 Å². The Morgan fingerprint density at radius 3 is 2.85 bits per heavy atom. The molecule has 0 radical (unpaired) electrons. The Bertz CT molecular complexity index is 1140. The second-order valence-corrected chi connectivity index (χ2v) is 5.97. The zero-order chi connectivity index (χ0) is 19.0. The molecule has 4 aromatic rings. The van der Waals surface area contributed by atoms with Crippen LogP contribution in [0.25, 0.3) is 16.9 Å². The quantitative estimate of drug-likeness (QED) is 0.562. The van der Waals surface area contributed by atoms with Crippen LogP contribution in [-0.4, -0.2) is 24.6 Å². The highest BCUT2D eigenvalue weighted by Gasteiger charge is 2.17. The Morgan fingerprint density at radius 2 is 2.04 bits per heavy atom. The van der Waals surface area contributed by atoms with Crippen molar-refractivity contribution in [2.24, 2.45) is 0 Å². The van der Waals surface area contributed by atoms with Crippen LogP contribution in [0.2, 0.25) is 0 Å². The largest absolute Gasteiger partial charge is 0.382 e. The molecule has 27 heavy (non-hydrogen) atoms. The van der Waals surface area contributed by atoms with Gasteiger partial charge in [0.15, 0.2) is 11.5 Å². The van der Waals surface area contributed by atoms with E-state index in [4.69, 9.17) is 5.73 Å². The zero-order valence-corrected chi connectivity index (χ0v) is 14.3. The Kier molecular flexibility index (Phi) is 4.11. The SMILES string of the molecule is C[C@H](Nc1cc(-c2c(N)nn3cccnc23)ncn1)c1ccc(F)cc1F.[HH].[HH].[HH]. The predicted octanol–water partition coefficient (Wildman–Crippen LogP) is 3.96. The number of nitrogens with two attached hydrogens (primary N) is 1. The first-order chi connectivity index (χ1) is 13.0. The van der Waals surface area contributed by atoms with Gasteiger partial charge < -0.3 is 11.1 Å². The summed E-state index contributed by atoms with van der Waals surface area (Å²) in [6.45, 7) is 1.75. The number of nitrogens with zero attached hydrogens (tertiary/aromatic N) is 5. The third-order valence-electron chi connectivity index (χ3n) is 4.14. The van der Waals surface area contributed by atoms with E-state index >= 15 is 0 Å². The van der Waals surface area contributed by atoms with Crippen molar-refractivity contribution in [1.82, 2.24) is 24.6 Å². The molecule has 0 bridgehead atoms. The number of anilines is 2. The number of hydrogen-bond acceptors (Lipinski definition) is 6. The highest BCUT2D eigenvalue weighted by Crippen LogP contribution is 2.29. The molecule has 0 aliphatic rings. The lowest BCUT2D eigenvalue weighted by molar-refractivity contribution is 0.566. The molecule has 0 amide bonds. The molecule has 0 unspecified atom stereocenters. The van der Waals surface area contributed by atoms with E-state index in [2.05, 4.69) is 25.4 Å². The van der Waals surface area contributed by atoms with Crippen molar-refractivity contribution in [3.05, 3.63) is 66.3 Å². The van der Waals surface area contributed by atoms with Gasteiger partial charge >= 0.3 is 0 Å². The molecular weight excluding hydrogens is 352 g/mol. The van der Waals surface area contributed by atoms with Gasteiger partial charge in [-0.3, -0.25) is 0 Å². The molecule has 1 aromatic carbocycles. The van der Waals surface area contributed by atoms with Crippen LogP contribution < -0.4 is 11.1 Å². The van der Waals surface area contributed by atoms with Crippen molar-refractivity contribution in [1.29, 1.82) is 0 Å². The van der Waals surface area contributed by atoms with E-state index in [0.717, 1.165) is 6.07 Å². The number of hydrogen-bond donors (Lipinski definition) is 2. The van der Waals surface area contributed by atoms with Crippen LogP contribution in [0.15, 0.2) is 49.1 Å². The smallest absolute Gasteiger partial charge is 0.166 e. The average molecular weight is 373 g/mol. The van der Waals surface area contributed by atoms with Gasteiger partial charge in [-0.25, -0.2) is 28.2 Å². The van der Waals surface area contributed by atoms with E-state index in [1.807, 2.05) is 0 Å². The van der Waals surface area contributed by atoms with Crippen LogP contribution in [0.3, 0.4) is 0 Å². The summed E-state index contributed by atoms with van der Waals surface area (Å²) in [5.74, 6) is -0.494. The van der Waals surface area contributed by atoms with Gasteiger partial charge in [-0.1, -0.05) is 6.07 Å². The Balaban J connectivity index is 0.00000150. The molecule has 7 nitrogen and oxygen atoms in total. The van der Waals surface area contributed by atoms with E-state index in [0.29, 0.717) is 28.3 Å². The van der Waals surface area contributed by atoms with E-state index < -0.39 is 17.7 Å². The van der Waals surface area contributed by atoms with Crippen molar-refractivity contribution in [2.75, 3.05) is 11.1 Å². The summed E-state index contributed by atoms with van der Waals surface area (Å²) >= 11 is 0. The van der Waals surface area contributed by atoms with Gasteiger partial charge in [0.1, 0.15) is 23.8 Å². The molecule has 0 aliphatic heterocycles. The second kappa shape index (κ2) is 6.60. The molecule has 1 atom stereocenters. The Hall–Kier alpha value is -3.62. The van der Waals surface area contributed by atoms with Gasteiger partial charge in [0.05, 0.1) is 17.3 Å². The van der Waals surface area contributed by atoms with E-state index in [1.54, 1.807) is 36.0 Å². The maximum absolute atomic E-state index is 14.0. The molecule has 142 valence electrons. The summed E-state index contributed by atoms with van der Waals surface area (Å²) in [5.41, 5.74) is 8.04. The number of halogens is 2. The summed E-state index contributed by atoms with van der Waals surface area (Å²) < 4.78 is 28.7. The van der Waals surface area contributed by atoms with Gasteiger partial charge in [-0.15, -0.1) is 5.10 Å². The van der Waals surface area contributed by atoms with E-state index in [1.165, 1.54) is 18.5 Å². The number of nitrogens with one attached hydrogen (secondary N) is 1. The minimum atomic E-state index is -0.625. The van der Waals surface area contributed by atoms with Crippen LogP contribution in [0.5, 0.6) is 0 Å². The zero-order valence-electron chi connectivity index (χ0n) is 14.3. The van der Waals surface area contributed by atoms with Gasteiger partial charge in [-0.2, -0.15) is 0 Å². The third-order valence-corrected chi connectivity index (χ3v) is 4.14. The molecule has 9 heteroatoms. The van der Waals surface area contributed by atoms with Gasteiger partial charge in [0.2, 0.25) is 0 Å². The van der Waals surface area contributed by atoms with E-state index in [9.17, 15) is 8.78 Å². The third kappa shape index (κ3) is 3.14. The van der Waals surface area contributed by atoms with Crippen molar-refractivity contribution in [2.45, 2.75) is 13.0 Å². The van der Waals surface area contributed by atoms with Crippen LogP contribution in [0.1, 0.15) is 22.8 Å². The summed E-state index contributed by atoms with van der Waals surface area (Å²) in [6.07, 6.45) is 4.75. The number of fused-ring (bicyclic) bond motifs is 1. The average Bonchev–Trinajstić information content (AvgIpc) is 2.97. The maximum Gasteiger partial charge on any atom is 0.166 e. The molecule has 3 aromatic heterocycles. The van der Waals surface area contributed by atoms with Crippen LogP contribution >= 0.6 is 0 Å². The van der Waals surface area contributed by atoms with Gasteiger partial charge in [0, 0.05) is 34.4 Å². The summed E-state index contributed by atoms with van der Waals surface area (Å²) in [4.78, 5) is 12.7. The Morgan fingerprint density at radius 1 is 1.19 bits per heavy atom. The number of aromatic nitrogens is 5. The number of rotatable bonds is 4. The molecule has 3 heterocycles. The topological polar surface area (TPSA) is 94.0 Å². The molecule has 0 saturated heterocycles. The van der Waals surface area contributed by atoms with Gasteiger partial charge in [0.25, 0.3) is 0 Å². The summed E-state index contributed by atoms with van der Waals surface area (Å²) in [7, 11) is 0. The molecule has 0 spiro atoms. The molecular formula is C18H21F2N7. The van der Waals surface area contributed by atoms with Crippen molar-refractivity contribution in [3.8, 4) is 11.3 Å². The first kappa shape index (κ1) is 16.8. The van der Waals surface area contributed by atoms with Crippen LogP contribution in [-0.2, 0) is 0 Å². The van der Waals surface area contributed by atoms with Crippen molar-refractivity contribution >= 4 is 17.3 Å². The van der Waals surface area contributed by atoms with Crippen molar-refractivity contribution in [3.63, 3.8) is 0 Å². The lowest BCUT2D eigenvalue weighted by Gasteiger charge is -2.16. The lowest BCUT2D eigenvalue weighted by atomic mass is 10.1. The minimum absolute atomic E-state index is 0. The normalized spacial score (nSPS) is 12.3. The second-order valence-electron chi connectivity index (χ2n) is 5.97. The summed E-state index contributed by atoms with van der Waals surface area (Å²) in [5, 5.41) is 7.30. The summed E-state index contributed by atoms with van der Waals surface area (Å²) in [6, 6.07) is 6.46. The number of benzene rings is 1. The molecule has 0 saturated carbocycles. The lowest BCUT2D eigenvalue weighted by Crippen LogP contribution is -2.10. The Labute approximate surface area is 157 Å². The maximum atomic E-state index is 14.0. The highest BCUT2D eigenvalue weighted by molar-refractivity contribution is 5.84. The van der Waals surface area contributed by atoms with Gasteiger partial charge in [-0.05, 0) is 19.1 Å². The number of nitrogen functional groups attached to an aromatic ring is 1. The monoisotopic (exact) mass is 373 g/mol. The standard InChI is InChI=1S/C18H15F2N7.3H2/c1-10(12-4-3-11(19)7-13(12)20)25-15-8-14(23-9-24-15)16-17(21)26-27-6-2-5-22-18(16)27;;;/h2-10H,1H3,(H2,21,26)(H,23,24,25);3*1H/t10-;;;/m0.../s1. The fourth-order valence-electron chi connectivity index (χ4n) is 2.87. The molecule has 0 aliphatic carbocycles. The highest BCUT2D eigenvalue weighted by atomic mass is 19.1. The van der Waals surface area contributed by atoms with E-state index in [-0.39, 0.29) is 10.1 Å². The van der Waals surface area contributed by atoms with Crippen molar-refractivity contribution < 1.29 is 13.1 Å². The predicted molar refractivity (Wildman–Crippen MR) is 103 cm³/mol. The first-order valence-corrected chi connectivity index (χ1v) is 8.15. The first-order valence-electron chi connectivity index (χ1n) is 8.15. The fraction of sp³-hybridized carbons (Fsp3) is 0.111. The minimum Gasteiger partial charge on any atom is -0.382 e. The molecule has 0 fully saturated rings. The molecule has 3 N–H and O–H groups in total. The van der Waals surface area contributed by atoms with Crippen LogP contribution in [0, 0.1) is 11.6 Å². The fourth-order valence-corrected chi connectivity index (χ4v) is 2.87. The molecule has 4 rings (SSSR count).